The van der Waals surface area contributed by atoms with E-state index < -0.39 is 5.41 Å². The van der Waals surface area contributed by atoms with Crippen LogP contribution in [-0.4, -0.2) is 15.0 Å². The third-order valence-corrected chi connectivity index (χ3v) is 12.5. The van der Waals surface area contributed by atoms with E-state index in [1.807, 2.05) is 18.2 Å². The van der Waals surface area contributed by atoms with Crippen LogP contribution in [0.25, 0.3) is 88.7 Å². The van der Waals surface area contributed by atoms with Crippen molar-refractivity contribution < 1.29 is 0 Å². The van der Waals surface area contributed by atoms with Gasteiger partial charge >= 0.3 is 0 Å². The van der Waals surface area contributed by atoms with E-state index in [2.05, 4.69) is 206 Å². The number of hydrogen-bond acceptors (Lipinski definition) is 3. The van der Waals surface area contributed by atoms with Crippen LogP contribution < -0.4 is 0 Å². The molecule has 2 aromatic heterocycles. The smallest absolute Gasteiger partial charge is 0.160 e. The molecule has 1 aliphatic rings. The van der Waals surface area contributed by atoms with Crippen molar-refractivity contribution >= 4 is 32.6 Å². The van der Waals surface area contributed by atoms with E-state index in [0.717, 1.165) is 66.4 Å². The second-order valence-corrected chi connectivity index (χ2v) is 15.9. The minimum atomic E-state index is -0.482. The highest BCUT2D eigenvalue weighted by Gasteiger charge is 2.46. The molecule has 0 N–H and O–H groups in total. The molecule has 0 fully saturated rings. The van der Waals surface area contributed by atoms with Crippen LogP contribution in [0, 0.1) is 0 Å². The lowest BCUT2D eigenvalue weighted by molar-refractivity contribution is 0.769. The molecule has 11 aromatic rings. The Morgan fingerprint density at radius 2 is 0.852 bits per heavy atom. The standard InChI is InChI=1S/C58H37N3/c1-4-17-39(18-5-1)55-47-27-12-15-30-52(47)60-57(61-55)42-20-16-19-41(37-42)38-31-33-40(34-32-38)56-48-35-36-50-54(53(48)46-26-11-14-29-51(46)59-56)45-25-10-13-28-49(45)58(50,43-21-6-2-7-22-43)44-23-8-3-9-24-44/h1-37H. The maximum Gasteiger partial charge on any atom is 0.160 e. The molecule has 0 saturated carbocycles. The molecule has 61 heavy (non-hydrogen) atoms. The molecular weight excluding hydrogens is 739 g/mol. The minimum absolute atomic E-state index is 0.482. The quantitative estimate of drug-likeness (QED) is 0.158. The number of para-hydroxylation sites is 2. The van der Waals surface area contributed by atoms with E-state index in [1.54, 1.807) is 0 Å². The molecule has 0 bridgehead atoms. The van der Waals surface area contributed by atoms with Crippen LogP contribution in [0.1, 0.15) is 22.3 Å². The molecule has 9 aromatic carbocycles. The van der Waals surface area contributed by atoms with Gasteiger partial charge in [-0.3, -0.25) is 0 Å². The first-order valence-corrected chi connectivity index (χ1v) is 20.9. The highest BCUT2D eigenvalue weighted by Crippen LogP contribution is 2.58. The van der Waals surface area contributed by atoms with Crippen molar-refractivity contribution in [3.8, 4) is 56.2 Å². The topological polar surface area (TPSA) is 38.7 Å². The summed E-state index contributed by atoms with van der Waals surface area (Å²) in [5.74, 6) is 0.709. The van der Waals surface area contributed by atoms with E-state index in [9.17, 15) is 0 Å². The second-order valence-electron chi connectivity index (χ2n) is 15.9. The van der Waals surface area contributed by atoms with Gasteiger partial charge in [0, 0.05) is 38.2 Å². The molecule has 0 unspecified atom stereocenters. The molecule has 0 atom stereocenters. The summed E-state index contributed by atoms with van der Waals surface area (Å²) in [6.45, 7) is 0. The Balaban J connectivity index is 1.01. The van der Waals surface area contributed by atoms with Crippen LogP contribution in [0.15, 0.2) is 224 Å². The molecule has 12 rings (SSSR count). The molecule has 0 saturated heterocycles. The molecule has 0 spiro atoms. The summed E-state index contributed by atoms with van der Waals surface area (Å²) in [6, 6.07) is 80.4. The van der Waals surface area contributed by atoms with Gasteiger partial charge in [0.1, 0.15) is 0 Å². The molecular formula is C58H37N3. The van der Waals surface area contributed by atoms with E-state index in [0.29, 0.717) is 5.82 Å². The fraction of sp³-hybridized carbons (Fsp3) is 0.0172. The van der Waals surface area contributed by atoms with Gasteiger partial charge < -0.3 is 0 Å². The zero-order valence-corrected chi connectivity index (χ0v) is 33.2. The number of pyridine rings is 1. The van der Waals surface area contributed by atoms with Gasteiger partial charge in [0.2, 0.25) is 0 Å². The van der Waals surface area contributed by atoms with Crippen molar-refractivity contribution in [2.75, 3.05) is 0 Å². The fourth-order valence-electron chi connectivity index (χ4n) is 9.87. The van der Waals surface area contributed by atoms with Crippen LogP contribution >= 0.6 is 0 Å². The van der Waals surface area contributed by atoms with Crippen molar-refractivity contribution in [1.29, 1.82) is 0 Å². The zero-order chi connectivity index (χ0) is 40.3. The molecule has 2 heterocycles. The van der Waals surface area contributed by atoms with E-state index in [1.165, 1.54) is 38.8 Å². The first kappa shape index (κ1) is 35.0. The Morgan fingerprint density at radius 3 is 1.59 bits per heavy atom. The monoisotopic (exact) mass is 775 g/mol. The van der Waals surface area contributed by atoms with Gasteiger partial charge in [-0.2, -0.15) is 0 Å². The summed E-state index contributed by atoms with van der Waals surface area (Å²) in [5, 5.41) is 4.58. The van der Waals surface area contributed by atoms with Crippen molar-refractivity contribution in [3.05, 3.63) is 247 Å². The summed E-state index contributed by atoms with van der Waals surface area (Å²) >= 11 is 0. The number of fused-ring (bicyclic) bond motifs is 8. The molecule has 3 nitrogen and oxygen atoms in total. The number of hydrogen-bond donors (Lipinski definition) is 0. The van der Waals surface area contributed by atoms with Crippen molar-refractivity contribution in [2.24, 2.45) is 0 Å². The van der Waals surface area contributed by atoms with Gasteiger partial charge in [0.25, 0.3) is 0 Å². The molecule has 0 radical (unpaired) electrons. The first-order valence-electron chi connectivity index (χ1n) is 20.9. The van der Waals surface area contributed by atoms with Crippen LogP contribution in [0.5, 0.6) is 0 Å². The average molecular weight is 776 g/mol. The summed E-state index contributed by atoms with van der Waals surface area (Å²) in [5.41, 5.74) is 16.3. The third-order valence-electron chi connectivity index (χ3n) is 12.5. The van der Waals surface area contributed by atoms with Crippen molar-refractivity contribution in [2.45, 2.75) is 5.41 Å². The zero-order valence-electron chi connectivity index (χ0n) is 33.2. The van der Waals surface area contributed by atoms with Crippen LogP contribution in [0.2, 0.25) is 0 Å². The number of aromatic nitrogens is 3. The summed E-state index contributed by atoms with van der Waals surface area (Å²) < 4.78 is 0. The Morgan fingerprint density at radius 1 is 0.311 bits per heavy atom. The second kappa shape index (κ2) is 14.1. The SMILES string of the molecule is c1ccc(-c2nc(-c3cccc(-c4ccc(-c5nc6ccccc6c6c7c(ccc56)C(c5ccccc5)(c5ccccc5)c5ccccc5-7)cc4)c3)nc3ccccc23)cc1. The molecule has 3 heteroatoms. The lowest BCUT2D eigenvalue weighted by atomic mass is 9.67. The highest BCUT2D eigenvalue weighted by molar-refractivity contribution is 6.19. The molecule has 284 valence electrons. The summed E-state index contributed by atoms with van der Waals surface area (Å²) in [4.78, 5) is 15.6. The Bertz CT molecular complexity index is 3410. The lowest BCUT2D eigenvalue weighted by Gasteiger charge is -2.34. The highest BCUT2D eigenvalue weighted by atomic mass is 14.9. The first-order chi connectivity index (χ1) is 30.3. The van der Waals surface area contributed by atoms with Crippen LogP contribution in [-0.2, 0) is 5.41 Å². The summed E-state index contributed by atoms with van der Waals surface area (Å²) in [7, 11) is 0. The largest absolute Gasteiger partial charge is 0.247 e. The minimum Gasteiger partial charge on any atom is -0.247 e. The van der Waals surface area contributed by atoms with E-state index in [4.69, 9.17) is 15.0 Å². The van der Waals surface area contributed by atoms with Crippen molar-refractivity contribution in [1.82, 2.24) is 15.0 Å². The Labute approximate surface area is 354 Å². The van der Waals surface area contributed by atoms with Gasteiger partial charge in [-0.05, 0) is 62.7 Å². The molecule has 0 aliphatic heterocycles. The van der Waals surface area contributed by atoms with Crippen LogP contribution in [0.3, 0.4) is 0 Å². The maximum absolute atomic E-state index is 5.41. The number of nitrogens with zero attached hydrogens (tertiary/aromatic N) is 3. The van der Waals surface area contributed by atoms with Crippen LogP contribution in [0.4, 0.5) is 0 Å². The molecule has 0 amide bonds. The van der Waals surface area contributed by atoms with Gasteiger partial charge in [-0.1, -0.05) is 206 Å². The predicted molar refractivity (Wildman–Crippen MR) is 251 cm³/mol. The Hall–Kier alpha value is -8.01. The number of benzene rings is 9. The number of rotatable bonds is 6. The van der Waals surface area contributed by atoms with Gasteiger partial charge in [0.15, 0.2) is 5.82 Å². The maximum atomic E-state index is 5.41. The average Bonchev–Trinajstić information content (AvgIpc) is 3.65. The van der Waals surface area contributed by atoms with Crippen molar-refractivity contribution in [3.63, 3.8) is 0 Å². The normalized spacial score (nSPS) is 12.7. The predicted octanol–water partition coefficient (Wildman–Crippen LogP) is 14.4. The Kier molecular flexibility index (Phi) is 8.07. The van der Waals surface area contributed by atoms with Gasteiger partial charge in [-0.15, -0.1) is 0 Å². The third kappa shape index (κ3) is 5.48. The van der Waals surface area contributed by atoms with Gasteiger partial charge in [0.05, 0.1) is 27.8 Å². The molecule has 1 aliphatic carbocycles. The summed E-state index contributed by atoms with van der Waals surface area (Å²) in [6.07, 6.45) is 0. The van der Waals surface area contributed by atoms with E-state index >= 15 is 0 Å². The van der Waals surface area contributed by atoms with Gasteiger partial charge in [-0.25, -0.2) is 15.0 Å². The lowest BCUT2D eigenvalue weighted by Crippen LogP contribution is -2.28. The van der Waals surface area contributed by atoms with E-state index in [-0.39, 0.29) is 0 Å². The fourth-order valence-corrected chi connectivity index (χ4v) is 9.87.